The highest BCUT2D eigenvalue weighted by Gasteiger charge is 2.51. The fraction of sp³-hybridized carbons (Fsp3) is 0.688. The van der Waals surface area contributed by atoms with Crippen LogP contribution in [0.2, 0.25) is 0 Å². The highest BCUT2D eigenvalue weighted by molar-refractivity contribution is 5.79. The van der Waals surface area contributed by atoms with Crippen LogP contribution in [0.1, 0.15) is 25.0 Å². The topological polar surface area (TPSA) is 84.7 Å². The van der Waals surface area contributed by atoms with Crippen molar-refractivity contribution in [3.05, 3.63) is 18.0 Å². The number of ether oxygens (including phenoxy) is 1. The number of carboxylic acids is 1. The van der Waals surface area contributed by atoms with Gasteiger partial charge in [-0.05, 0) is 25.8 Å². The summed E-state index contributed by atoms with van der Waals surface area (Å²) < 4.78 is 7.18. The van der Waals surface area contributed by atoms with Gasteiger partial charge >= 0.3 is 5.97 Å². The molecule has 1 atom stereocenters. The second-order valence-corrected chi connectivity index (χ2v) is 6.59. The van der Waals surface area contributed by atoms with Gasteiger partial charge in [0.05, 0.1) is 5.92 Å². The van der Waals surface area contributed by atoms with Crippen molar-refractivity contribution in [2.24, 2.45) is 11.3 Å². The highest BCUT2D eigenvalue weighted by atomic mass is 16.5. The maximum Gasteiger partial charge on any atom is 0.308 e. The Morgan fingerprint density at radius 2 is 2.17 bits per heavy atom. The average Bonchev–Trinajstić information content (AvgIpc) is 3.10. The summed E-state index contributed by atoms with van der Waals surface area (Å²) in [7, 11) is 0. The van der Waals surface area contributed by atoms with Crippen LogP contribution < -0.4 is 0 Å². The van der Waals surface area contributed by atoms with Crippen molar-refractivity contribution in [2.45, 2.75) is 32.7 Å². The number of hydrogen-bond donors (Lipinski definition) is 1. The number of rotatable bonds is 4. The second kappa shape index (κ2) is 6.31. The van der Waals surface area contributed by atoms with Crippen molar-refractivity contribution in [1.29, 1.82) is 0 Å². The minimum absolute atomic E-state index is 0.00881. The van der Waals surface area contributed by atoms with E-state index in [1.165, 1.54) is 0 Å². The Balaban J connectivity index is 1.65. The van der Waals surface area contributed by atoms with Gasteiger partial charge in [0.15, 0.2) is 0 Å². The molecule has 3 rings (SSSR count). The maximum absolute atomic E-state index is 12.5. The van der Waals surface area contributed by atoms with Crippen LogP contribution in [0.25, 0.3) is 0 Å². The van der Waals surface area contributed by atoms with E-state index in [0.717, 1.165) is 5.69 Å². The van der Waals surface area contributed by atoms with Gasteiger partial charge in [-0.25, -0.2) is 0 Å². The van der Waals surface area contributed by atoms with E-state index in [0.29, 0.717) is 52.1 Å². The zero-order valence-electron chi connectivity index (χ0n) is 13.4. The number of carboxylic acid groups (broad SMARTS) is 1. The number of nitrogens with zero attached hydrogens (tertiary/aromatic N) is 3. The van der Waals surface area contributed by atoms with Gasteiger partial charge in [-0.1, -0.05) is 0 Å². The summed E-state index contributed by atoms with van der Waals surface area (Å²) in [6.07, 6.45) is 3.49. The molecule has 2 aliphatic heterocycles. The summed E-state index contributed by atoms with van der Waals surface area (Å²) >= 11 is 0. The van der Waals surface area contributed by atoms with E-state index in [-0.39, 0.29) is 11.3 Å². The Bertz CT molecular complexity index is 592. The number of likely N-dealkylation sites (tertiary alicyclic amines) is 1. The number of aliphatic carboxylic acids is 1. The van der Waals surface area contributed by atoms with E-state index in [2.05, 4.69) is 5.10 Å². The SMILES string of the molecule is Cc1ccnn1CCC(=O)N1CC(C(=O)O)C2(CCOCC2)C1. The summed E-state index contributed by atoms with van der Waals surface area (Å²) in [5, 5.41) is 13.7. The molecule has 23 heavy (non-hydrogen) atoms. The third-order valence-corrected chi connectivity index (χ3v) is 5.25. The van der Waals surface area contributed by atoms with Crippen LogP contribution in [0, 0.1) is 18.3 Å². The van der Waals surface area contributed by atoms with Gasteiger partial charge in [0.25, 0.3) is 0 Å². The lowest BCUT2D eigenvalue weighted by Gasteiger charge is -2.36. The van der Waals surface area contributed by atoms with Crippen LogP contribution in [0.4, 0.5) is 0 Å². The fourth-order valence-corrected chi connectivity index (χ4v) is 3.78. The first kappa shape index (κ1) is 16.0. The molecule has 7 nitrogen and oxygen atoms in total. The van der Waals surface area contributed by atoms with Gasteiger partial charge in [0.2, 0.25) is 5.91 Å². The molecule has 0 aromatic carbocycles. The van der Waals surface area contributed by atoms with Crippen LogP contribution >= 0.6 is 0 Å². The number of aryl methyl sites for hydroxylation is 2. The highest BCUT2D eigenvalue weighted by Crippen LogP contribution is 2.44. The van der Waals surface area contributed by atoms with Gasteiger partial charge in [0, 0.05) is 56.6 Å². The molecule has 1 spiro atoms. The first-order chi connectivity index (χ1) is 11.0. The number of amides is 1. The normalized spacial score (nSPS) is 23.3. The van der Waals surface area contributed by atoms with Crippen LogP contribution in [0.3, 0.4) is 0 Å². The summed E-state index contributed by atoms with van der Waals surface area (Å²) in [4.78, 5) is 25.9. The van der Waals surface area contributed by atoms with Crippen LogP contribution in [-0.4, -0.2) is 58.0 Å². The Kier molecular flexibility index (Phi) is 4.39. The van der Waals surface area contributed by atoms with Crippen LogP contribution in [0.5, 0.6) is 0 Å². The molecule has 126 valence electrons. The molecule has 1 amide bonds. The van der Waals surface area contributed by atoms with E-state index in [4.69, 9.17) is 4.74 Å². The zero-order chi connectivity index (χ0) is 16.4. The number of hydrogen-bond acceptors (Lipinski definition) is 4. The fourth-order valence-electron chi connectivity index (χ4n) is 3.78. The van der Waals surface area contributed by atoms with E-state index in [9.17, 15) is 14.7 Å². The third-order valence-electron chi connectivity index (χ3n) is 5.25. The standard InChI is InChI=1S/C16H23N3O4/c1-12-2-6-17-19(12)7-3-14(20)18-10-13(15(21)22)16(11-18)4-8-23-9-5-16/h2,6,13H,3-5,7-11H2,1H3,(H,21,22). The molecule has 3 heterocycles. The predicted molar refractivity (Wildman–Crippen MR) is 81.8 cm³/mol. The molecular formula is C16H23N3O4. The summed E-state index contributed by atoms with van der Waals surface area (Å²) in [5.41, 5.74) is 0.699. The van der Waals surface area contributed by atoms with Crippen LogP contribution in [0.15, 0.2) is 12.3 Å². The van der Waals surface area contributed by atoms with Crippen molar-refractivity contribution in [2.75, 3.05) is 26.3 Å². The van der Waals surface area contributed by atoms with E-state index >= 15 is 0 Å². The van der Waals surface area contributed by atoms with E-state index in [1.807, 2.05) is 13.0 Å². The van der Waals surface area contributed by atoms with E-state index in [1.54, 1.807) is 15.8 Å². The smallest absolute Gasteiger partial charge is 0.308 e. The molecule has 2 saturated heterocycles. The molecule has 1 unspecified atom stereocenters. The van der Waals surface area contributed by atoms with Gasteiger partial charge in [-0.2, -0.15) is 5.10 Å². The molecule has 7 heteroatoms. The maximum atomic E-state index is 12.5. The Hall–Kier alpha value is -1.89. The summed E-state index contributed by atoms with van der Waals surface area (Å²) in [6.45, 7) is 4.49. The van der Waals surface area contributed by atoms with Crippen molar-refractivity contribution in [1.82, 2.24) is 14.7 Å². The van der Waals surface area contributed by atoms with Gasteiger partial charge < -0.3 is 14.7 Å². The first-order valence-corrected chi connectivity index (χ1v) is 8.09. The first-order valence-electron chi connectivity index (χ1n) is 8.09. The number of carbonyl (C=O) groups is 2. The molecule has 1 N–H and O–H groups in total. The Morgan fingerprint density at radius 3 is 2.78 bits per heavy atom. The Morgan fingerprint density at radius 1 is 1.43 bits per heavy atom. The monoisotopic (exact) mass is 321 g/mol. The predicted octanol–water partition coefficient (Wildman–Crippen LogP) is 0.921. The number of aromatic nitrogens is 2. The molecule has 0 aliphatic carbocycles. The molecule has 2 fully saturated rings. The van der Waals surface area contributed by atoms with Crippen molar-refractivity contribution < 1.29 is 19.4 Å². The minimum atomic E-state index is -0.801. The van der Waals surface area contributed by atoms with Crippen molar-refractivity contribution >= 4 is 11.9 Å². The zero-order valence-corrected chi connectivity index (χ0v) is 13.4. The average molecular weight is 321 g/mol. The lowest BCUT2D eigenvalue weighted by molar-refractivity contribution is -0.146. The summed E-state index contributed by atoms with van der Waals surface area (Å²) in [6, 6.07) is 1.90. The van der Waals surface area contributed by atoms with Gasteiger partial charge in [-0.3, -0.25) is 14.3 Å². The minimum Gasteiger partial charge on any atom is -0.481 e. The van der Waals surface area contributed by atoms with E-state index < -0.39 is 11.9 Å². The molecule has 1 aromatic rings. The second-order valence-electron chi connectivity index (χ2n) is 6.59. The number of carbonyl (C=O) groups excluding carboxylic acids is 1. The largest absolute Gasteiger partial charge is 0.481 e. The molecule has 1 aromatic heterocycles. The molecule has 0 radical (unpaired) electrons. The van der Waals surface area contributed by atoms with Crippen molar-refractivity contribution in [3.63, 3.8) is 0 Å². The Labute approximate surface area is 135 Å². The lowest BCUT2D eigenvalue weighted by Crippen LogP contribution is -2.40. The molecule has 0 bridgehead atoms. The quantitative estimate of drug-likeness (QED) is 0.891. The van der Waals surface area contributed by atoms with Crippen molar-refractivity contribution in [3.8, 4) is 0 Å². The molecule has 2 aliphatic rings. The third kappa shape index (κ3) is 3.10. The van der Waals surface area contributed by atoms with Crippen LogP contribution in [-0.2, 0) is 20.9 Å². The summed E-state index contributed by atoms with van der Waals surface area (Å²) in [5.74, 6) is -1.28. The lowest BCUT2D eigenvalue weighted by atomic mass is 9.72. The molecular weight excluding hydrogens is 298 g/mol. The van der Waals surface area contributed by atoms with Gasteiger partial charge in [-0.15, -0.1) is 0 Å². The molecule has 0 saturated carbocycles. The van der Waals surface area contributed by atoms with Gasteiger partial charge in [0.1, 0.15) is 0 Å².